The molecule has 0 aliphatic heterocycles. The lowest BCUT2D eigenvalue weighted by molar-refractivity contribution is 0.439. The fourth-order valence-electron chi connectivity index (χ4n) is 1.85. The van der Waals surface area contributed by atoms with Gasteiger partial charge in [-0.3, -0.25) is 0 Å². The number of aromatic nitrogens is 1. The van der Waals surface area contributed by atoms with E-state index in [0.717, 1.165) is 10.9 Å². The molecule has 0 bridgehead atoms. The van der Waals surface area contributed by atoms with Crippen LogP contribution in [0.1, 0.15) is 29.0 Å². The highest BCUT2D eigenvalue weighted by atomic mass is 32.1. The Labute approximate surface area is 106 Å². The van der Waals surface area contributed by atoms with E-state index in [1.54, 1.807) is 13.8 Å². The molecule has 0 fully saturated rings. The van der Waals surface area contributed by atoms with Gasteiger partial charge in [-0.1, -0.05) is 13.0 Å². The van der Waals surface area contributed by atoms with Gasteiger partial charge in [0.25, 0.3) is 0 Å². The van der Waals surface area contributed by atoms with Crippen molar-refractivity contribution in [1.82, 2.24) is 4.98 Å². The molecule has 0 amide bonds. The number of nitrogen functional groups attached to an aromatic ring is 1. The van der Waals surface area contributed by atoms with Crippen LogP contribution in [0.15, 0.2) is 12.1 Å². The molecule has 2 rings (SSSR count). The average Bonchev–Trinajstić information content (AvgIpc) is 2.65. The molecule has 1 heterocycles. The minimum absolute atomic E-state index is 0.0978. The molecule has 1 unspecified atom stereocenters. The summed E-state index contributed by atoms with van der Waals surface area (Å²) in [4.78, 5) is 4.78. The van der Waals surface area contributed by atoms with Gasteiger partial charge >= 0.3 is 0 Å². The van der Waals surface area contributed by atoms with Gasteiger partial charge in [-0.15, -0.1) is 11.3 Å². The maximum Gasteiger partial charge on any atom is 0.194 e. The van der Waals surface area contributed by atoms with E-state index in [1.807, 2.05) is 0 Å². The lowest BCUT2D eigenvalue weighted by Gasteiger charge is -2.12. The summed E-state index contributed by atoms with van der Waals surface area (Å²) in [5, 5.41) is 0.373. The highest BCUT2D eigenvalue weighted by Crippen LogP contribution is 2.34. The van der Waals surface area contributed by atoms with Crippen molar-refractivity contribution in [2.24, 2.45) is 0 Å². The van der Waals surface area contributed by atoms with Crippen molar-refractivity contribution < 1.29 is 13.2 Å². The van der Waals surface area contributed by atoms with Gasteiger partial charge in [0.05, 0.1) is 5.69 Å². The monoisotopic (exact) mass is 272 g/mol. The van der Waals surface area contributed by atoms with E-state index < -0.39 is 23.4 Å². The number of halogens is 3. The van der Waals surface area contributed by atoms with Crippen LogP contribution in [0.5, 0.6) is 0 Å². The summed E-state index contributed by atoms with van der Waals surface area (Å²) < 4.78 is 39.7. The van der Waals surface area contributed by atoms with Crippen molar-refractivity contribution in [1.29, 1.82) is 0 Å². The van der Waals surface area contributed by atoms with E-state index >= 15 is 0 Å². The second-order valence-electron chi connectivity index (χ2n) is 3.99. The number of hydrogen-bond donors (Lipinski definition) is 1. The molecule has 1 aromatic heterocycles. The summed E-state index contributed by atoms with van der Waals surface area (Å²) in [6, 6.07) is 2.16. The van der Waals surface area contributed by atoms with Gasteiger partial charge in [0.2, 0.25) is 0 Å². The van der Waals surface area contributed by atoms with Gasteiger partial charge in [0, 0.05) is 10.8 Å². The van der Waals surface area contributed by atoms with E-state index in [1.165, 1.54) is 17.4 Å². The average molecular weight is 272 g/mol. The molecule has 0 radical (unpaired) electrons. The van der Waals surface area contributed by atoms with Crippen molar-refractivity contribution >= 4 is 16.5 Å². The summed E-state index contributed by atoms with van der Waals surface area (Å²) in [6.07, 6.45) is 0. The van der Waals surface area contributed by atoms with Gasteiger partial charge < -0.3 is 5.73 Å². The van der Waals surface area contributed by atoms with Gasteiger partial charge in [-0.05, 0) is 18.6 Å². The first-order valence-electron chi connectivity index (χ1n) is 5.28. The Hall–Kier alpha value is -1.56. The Morgan fingerprint density at radius 3 is 2.44 bits per heavy atom. The molecular weight excluding hydrogens is 261 g/mol. The number of rotatable bonds is 2. The molecule has 0 saturated carbocycles. The molecular formula is C12H11F3N2S. The third-order valence-electron chi connectivity index (χ3n) is 2.77. The molecule has 1 atom stereocenters. The van der Waals surface area contributed by atoms with Crippen LogP contribution in [-0.2, 0) is 0 Å². The van der Waals surface area contributed by atoms with Crippen molar-refractivity contribution in [3.05, 3.63) is 45.7 Å². The van der Waals surface area contributed by atoms with Crippen molar-refractivity contribution in [2.45, 2.75) is 19.8 Å². The molecule has 2 aromatic rings. The molecule has 1 aromatic carbocycles. The van der Waals surface area contributed by atoms with E-state index in [4.69, 9.17) is 5.73 Å². The zero-order valence-electron chi connectivity index (χ0n) is 9.80. The van der Waals surface area contributed by atoms with Gasteiger partial charge in [-0.2, -0.15) is 0 Å². The molecule has 2 N–H and O–H groups in total. The van der Waals surface area contributed by atoms with Crippen LogP contribution >= 0.6 is 11.3 Å². The summed E-state index contributed by atoms with van der Waals surface area (Å²) in [7, 11) is 0. The molecule has 18 heavy (non-hydrogen) atoms. The van der Waals surface area contributed by atoms with Crippen LogP contribution in [0.4, 0.5) is 18.3 Å². The SMILES string of the molecule is Cc1nc(N)sc1C(C)c1ccc(F)c(F)c1F. The first-order valence-corrected chi connectivity index (χ1v) is 6.09. The predicted molar refractivity (Wildman–Crippen MR) is 65.1 cm³/mol. The van der Waals surface area contributed by atoms with Crippen LogP contribution in [0.2, 0.25) is 0 Å². The van der Waals surface area contributed by atoms with Crippen molar-refractivity contribution in [2.75, 3.05) is 5.73 Å². The lowest BCUT2D eigenvalue weighted by Crippen LogP contribution is -2.03. The van der Waals surface area contributed by atoms with E-state index in [2.05, 4.69) is 4.98 Å². The van der Waals surface area contributed by atoms with E-state index in [-0.39, 0.29) is 5.56 Å². The van der Waals surface area contributed by atoms with Crippen molar-refractivity contribution in [3.8, 4) is 0 Å². The Bertz CT molecular complexity index is 595. The summed E-state index contributed by atoms with van der Waals surface area (Å²) in [5.74, 6) is -4.22. The number of anilines is 1. The molecule has 6 heteroatoms. The predicted octanol–water partition coefficient (Wildman–Crippen LogP) is 3.60. The molecule has 96 valence electrons. The number of nitrogens with two attached hydrogens (primary N) is 1. The first kappa shape index (κ1) is 12.9. The van der Waals surface area contributed by atoms with Crippen LogP contribution < -0.4 is 5.73 Å². The summed E-state index contributed by atoms with van der Waals surface area (Å²) >= 11 is 1.22. The van der Waals surface area contributed by atoms with Gasteiger partial charge in [0.15, 0.2) is 22.6 Å². The molecule has 0 aliphatic rings. The maximum absolute atomic E-state index is 13.7. The van der Waals surface area contributed by atoms with Crippen molar-refractivity contribution in [3.63, 3.8) is 0 Å². The quantitative estimate of drug-likeness (QED) is 0.848. The fraction of sp³-hybridized carbons (Fsp3) is 0.250. The maximum atomic E-state index is 13.7. The number of nitrogens with zero attached hydrogens (tertiary/aromatic N) is 1. The standard InChI is InChI=1S/C12H11F3N2S/c1-5(11-6(2)17-12(16)18-11)7-3-4-8(13)10(15)9(7)14/h3-5H,1-2H3,(H2,16,17). The molecule has 2 nitrogen and oxygen atoms in total. The number of hydrogen-bond acceptors (Lipinski definition) is 3. The lowest BCUT2D eigenvalue weighted by atomic mass is 9.98. The van der Waals surface area contributed by atoms with Crippen LogP contribution in [-0.4, -0.2) is 4.98 Å². The van der Waals surface area contributed by atoms with Crippen LogP contribution in [0.25, 0.3) is 0 Å². The minimum Gasteiger partial charge on any atom is -0.375 e. The van der Waals surface area contributed by atoms with E-state index in [9.17, 15) is 13.2 Å². The van der Waals surface area contributed by atoms with Gasteiger partial charge in [0.1, 0.15) is 0 Å². The Morgan fingerprint density at radius 1 is 1.22 bits per heavy atom. The zero-order chi connectivity index (χ0) is 13.4. The minimum atomic E-state index is -1.45. The number of aryl methyl sites for hydroxylation is 1. The topological polar surface area (TPSA) is 38.9 Å². The second-order valence-corrected chi connectivity index (χ2v) is 5.05. The zero-order valence-corrected chi connectivity index (χ0v) is 10.6. The van der Waals surface area contributed by atoms with Crippen LogP contribution in [0.3, 0.4) is 0 Å². The molecule has 0 spiro atoms. The third-order valence-corrected chi connectivity index (χ3v) is 3.94. The smallest absolute Gasteiger partial charge is 0.194 e. The largest absolute Gasteiger partial charge is 0.375 e. The highest BCUT2D eigenvalue weighted by Gasteiger charge is 2.22. The Balaban J connectivity index is 2.49. The Kier molecular flexibility index (Phi) is 3.30. The second kappa shape index (κ2) is 4.61. The summed E-state index contributed by atoms with van der Waals surface area (Å²) in [5.41, 5.74) is 6.34. The van der Waals surface area contributed by atoms with Crippen LogP contribution in [0, 0.1) is 24.4 Å². The number of thiazole rings is 1. The highest BCUT2D eigenvalue weighted by molar-refractivity contribution is 7.15. The van der Waals surface area contributed by atoms with E-state index in [0.29, 0.717) is 10.8 Å². The summed E-state index contributed by atoms with van der Waals surface area (Å²) in [6.45, 7) is 3.45. The number of benzene rings is 1. The first-order chi connectivity index (χ1) is 8.41. The molecule has 0 saturated heterocycles. The normalized spacial score (nSPS) is 12.7. The van der Waals surface area contributed by atoms with Gasteiger partial charge in [-0.25, -0.2) is 18.2 Å². The fourth-order valence-corrected chi connectivity index (χ4v) is 2.75. The molecule has 0 aliphatic carbocycles. The Morgan fingerprint density at radius 2 is 1.89 bits per heavy atom. The third kappa shape index (κ3) is 2.08.